The zero-order chi connectivity index (χ0) is 21.3. The molecular formula is C22H27N5O3. The number of hydrogen-bond donors (Lipinski definition) is 1. The minimum absolute atomic E-state index is 0.240. The number of carbonyl (C=O) groups is 3. The summed E-state index contributed by atoms with van der Waals surface area (Å²) in [6.45, 7) is 2.38. The van der Waals surface area contributed by atoms with Gasteiger partial charge in [0.1, 0.15) is 17.9 Å². The maximum absolute atomic E-state index is 13.0. The Morgan fingerprint density at radius 2 is 1.83 bits per heavy atom. The van der Waals surface area contributed by atoms with E-state index in [9.17, 15) is 14.4 Å². The van der Waals surface area contributed by atoms with Crippen molar-refractivity contribution in [3.05, 3.63) is 48.0 Å². The summed E-state index contributed by atoms with van der Waals surface area (Å²) in [5.41, 5.74) is 0.953. The summed E-state index contributed by atoms with van der Waals surface area (Å²) in [6, 6.07) is 7.13. The fourth-order valence-electron chi connectivity index (χ4n) is 4.48. The Hall–Kier alpha value is -3.16. The largest absolute Gasteiger partial charge is 0.331 e. The van der Waals surface area contributed by atoms with Crippen molar-refractivity contribution >= 4 is 23.5 Å². The monoisotopic (exact) mass is 409 g/mol. The van der Waals surface area contributed by atoms with E-state index in [1.165, 1.54) is 4.90 Å². The number of amides is 4. The molecule has 1 aliphatic carbocycles. The molecular weight excluding hydrogens is 382 g/mol. The lowest BCUT2D eigenvalue weighted by molar-refractivity contribution is -0.136. The van der Waals surface area contributed by atoms with Gasteiger partial charge < -0.3 is 14.8 Å². The lowest BCUT2D eigenvalue weighted by atomic mass is 9.81. The van der Waals surface area contributed by atoms with E-state index in [-0.39, 0.29) is 24.4 Å². The normalized spacial score (nSPS) is 18.3. The lowest BCUT2D eigenvalue weighted by Gasteiger charge is -2.35. The number of anilines is 1. The van der Waals surface area contributed by atoms with Crippen molar-refractivity contribution in [3.8, 4) is 0 Å². The van der Waals surface area contributed by atoms with E-state index in [4.69, 9.17) is 0 Å². The van der Waals surface area contributed by atoms with Crippen LogP contribution in [0.25, 0.3) is 0 Å². The van der Waals surface area contributed by atoms with Gasteiger partial charge in [-0.2, -0.15) is 0 Å². The van der Waals surface area contributed by atoms with Crippen molar-refractivity contribution in [2.75, 3.05) is 18.9 Å². The second-order valence-corrected chi connectivity index (χ2v) is 8.17. The predicted molar refractivity (Wildman–Crippen MR) is 112 cm³/mol. The number of urea groups is 1. The first kappa shape index (κ1) is 20.1. The van der Waals surface area contributed by atoms with Crippen LogP contribution in [0.1, 0.15) is 43.5 Å². The molecule has 2 heterocycles. The van der Waals surface area contributed by atoms with E-state index in [1.54, 1.807) is 13.2 Å². The van der Waals surface area contributed by atoms with Gasteiger partial charge in [-0.05, 0) is 37.5 Å². The third kappa shape index (κ3) is 3.58. The molecule has 8 heteroatoms. The summed E-state index contributed by atoms with van der Waals surface area (Å²) < 4.78 is 2.04. The molecule has 158 valence electrons. The molecule has 0 atom stereocenters. The number of imidazole rings is 1. The highest BCUT2D eigenvalue weighted by molar-refractivity contribution is 6.10. The Bertz CT molecular complexity index is 959. The third-order valence-corrected chi connectivity index (χ3v) is 6.30. The molecule has 0 bridgehead atoms. The number of likely N-dealkylation sites (N-methyl/N-ethyl adjacent to an activating group) is 1. The number of imide groups is 1. The van der Waals surface area contributed by atoms with Crippen LogP contribution in [0.3, 0.4) is 0 Å². The fraction of sp³-hybridized carbons (Fsp3) is 0.455. The smallest absolute Gasteiger partial charge is 0.327 e. The van der Waals surface area contributed by atoms with Gasteiger partial charge in [-0.3, -0.25) is 14.5 Å². The summed E-state index contributed by atoms with van der Waals surface area (Å²) in [7, 11) is 1.67. The molecule has 1 saturated carbocycles. The minimum Gasteiger partial charge on any atom is -0.331 e. The van der Waals surface area contributed by atoms with Crippen LogP contribution in [-0.4, -0.2) is 56.3 Å². The zero-order valence-corrected chi connectivity index (χ0v) is 17.4. The summed E-state index contributed by atoms with van der Waals surface area (Å²) in [6.07, 6.45) is 7.95. The van der Waals surface area contributed by atoms with Gasteiger partial charge in [0.15, 0.2) is 0 Å². The minimum atomic E-state index is -0.761. The Balaban J connectivity index is 1.38. The van der Waals surface area contributed by atoms with Gasteiger partial charge in [0.25, 0.3) is 5.91 Å². The lowest BCUT2D eigenvalue weighted by Crippen LogP contribution is -2.49. The van der Waals surface area contributed by atoms with Gasteiger partial charge in [0.05, 0.1) is 0 Å². The first-order valence-corrected chi connectivity index (χ1v) is 10.4. The van der Waals surface area contributed by atoms with Crippen molar-refractivity contribution < 1.29 is 14.4 Å². The van der Waals surface area contributed by atoms with Crippen LogP contribution in [0.15, 0.2) is 36.7 Å². The summed E-state index contributed by atoms with van der Waals surface area (Å²) >= 11 is 0. The molecule has 1 aliphatic heterocycles. The van der Waals surface area contributed by atoms with Crippen molar-refractivity contribution in [1.29, 1.82) is 0 Å². The summed E-state index contributed by atoms with van der Waals surface area (Å²) in [5, 5.41) is 2.79. The first-order chi connectivity index (χ1) is 14.4. The van der Waals surface area contributed by atoms with Crippen molar-refractivity contribution in [2.45, 2.75) is 51.1 Å². The topological polar surface area (TPSA) is 87.5 Å². The van der Waals surface area contributed by atoms with E-state index >= 15 is 0 Å². The highest BCUT2D eigenvalue weighted by Crippen LogP contribution is 2.39. The number of hydrogen-bond acceptors (Lipinski definition) is 4. The second-order valence-electron chi connectivity index (χ2n) is 8.17. The molecule has 1 spiro atoms. The molecule has 1 aromatic heterocycles. The standard InChI is InChI=1S/C22H27N5O3/c1-16-23-12-13-26(16)14-17-6-8-18(9-7-17)24-19(28)15-27-20(29)22(25(2)21(27)30)10-4-3-5-11-22/h6-9,12-13H,3-5,10-11,14-15H2,1-2H3,(H,24,28). The van der Waals surface area contributed by atoms with E-state index < -0.39 is 5.54 Å². The maximum Gasteiger partial charge on any atom is 0.327 e. The molecule has 4 amide bonds. The molecule has 2 aliphatic rings. The van der Waals surface area contributed by atoms with Crippen molar-refractivity contribution in [2.24, 2.45) is 0 Å². The molecule has 2 aromatic rings. The number of nitrogens with zero attached hydrogens (tertiary/aromatic N) is 4. The highest BCUT2D eigenvalue weighted by atomic mass is 16.2. The molecule has 4 rings (SSSR count). The SMILES string of the molecule is Cc1nccn1Cc1ccc(NC(=O)CN2C(=O)N(C)C3(CCCCC3)C2=O)cc1. The summed E-state index contributed by atoms with van der Waals surface area (Å²) in [4.78, 5) is 45.0. The van der Waals surface area contributed by atoms with Crippen molar-refractivity contribution in [3.63, 3.8) is 0 Å². The van der Waals surface area contributed by atoms with Crippen LogP contribution < -0.4 is 5.32 Å². The van der Waals surface area contributed by atoms with Gasteiger partial charge in [-0.25, -0.2) is 9.78 Å². The second kappa shape index (κ2) is 7.93. The van der Waals surface area contributed by atoms with Crippen molar-refractivity contribution in [1.82, 2.24) is 19.4 Å². The molecule has 0 unspecified atom stereocenters. The number of benzene rings is 1. The van der Waals surface area contributed by atoms with Crippen LogP contribution in [-0.2, 0) is 16.1 Å². The molecule has 1 aromatic carbocycles. The zero-order valence-electron chi connectivity index (χ0n) is 17.4. The highest BCUT2D eigenvalue weighted by Gasteiger charge is 2.55. The molecule has 8 nitrogen and oxygen atoms in total. The van der Waals surface area contributed by atoms with Crippen LogP contribution in [0.2, 0.25) is 0 Å². The van der Waals surface area contributed by atoms with E-state index in [1.807, 2.05) is 42.0 Å². The van der Waals surface area contributed by atoms with Crippen LogP contribution in [0.5, 0.6) is 0 Å². The van der Waals surface area contributed by atoms with E-state index in [2.05, 4.69) is 10.3 Å². The van der Waals surface area contributed by atoms with Gasteiger partial charge in [-0.15, -0.1) is 0 Å². The predicted octanol–water partition coefficient (Wildman–Crippen LogP) is 2.78. The average molecular weight is 409 g/mol. The van der Waals surface area contributed by atoms with Gasteiger partial charge in [0, 0.05) is 31.7 Å². The third-order valence-electron chi connectivity index (χ3n) is 6.30. The molecule has 0 radical (unpaired) electrons. The van der Waals surface area contributed by atoms with E-state index in [0.29, 0.717) is 25.1 Å². The number of nitrogens with one attached hydrogen (secondary N) is 1. The maximum atomic E-state index is 13.0. The Morgan fingerprint density at radius 3 is 2.47 bits per heavy atom. The number of aromatic nitrogens is 2. The quantitative estimate of drug-likeness (QED) is 0.770. The summed E-state index contributed by atoms with van der Waals surface area (Å²) in [5.74, 6) is 0.320. The van der Waals surface area contributed by atoms with E-state index in [0.717, 1.165) is 35.6 Å². The fourth-order valence-corrected chi connectivity index (χ4v) is 4.48. The molecule has 1 N–H and O–H groups in total. The van der Waals surface area contributed by atoms with Gasteiger partial charge in [-0.1, -0.05) is 31.4 Å². The molecule has 2 fully saturated rings. The van der Waals surface area contributed by atoms with Crippen LogP contribution >= 0.6 is 0 Å². The Labute approximate surface area is 175 Å². The number of aryl methyl sites for hydroxylation is 1. The average Bonchev–Trinajstić information content (AvgIpc) is 3.22. The van der Waals surface area contributed by atoms with Crippen LogP contribution in [0.4, 0.5) is 10.5 Å². The Morgan fingerprint density at radius 1 is 1.13 bits per heavy atom. The molecule has 30 heavy (non-hydrogen) atoms. The Kier molecular flexibility index (Phi) is 5.32. The van der Waals surface area contributed by atoms with Crippen LogP contribution in [0, 0.1) is 6.92 Å². The number of carbonyl (C=O) groups excluding carboxylic acids is 3. The number of rotatable bonds is 5. The molecule has 1 saturated heterocycles. The van der Waals surface area contributed by atoms with Gasteiger partial charge >= 0.3 is 6.03 Å². The first-order valence-electron chi connectivity index (χ1n) is 10.4. The van der Waals surface area contributed by atoms with Gasteiger partial charge in [0.2, 0.25) is 5.91 Å².